The first-order valence-electron chi connectivity index (χ1n) is 5.52. The fraction of sp³-hybridized carbons (Fsp3) is 0.462. The van der Waals surface area contributed by atoms with Crippen molar-refractivity contribution in [3.63, 3.8) is 0 Å². The smallest absolute Gasteiger partial charge is 0.407 e. The van der Waals surface area contributed by atoms with Gasteiger partial charge in [-0.15, -0.1) is 0 Å². The minimum Gasteiger partial charge on any atom is -0.439 e. The number of ether oxygens (including phenoxy) is 1. The summed E-state index contributed by atoms with van der Waals surface area (Å²) in [5, 5.41) is 2.65. The van der Waals surface area contributed by atoms with Gasteiger partial charge in [0.25, 0.3) is 0 Å². The van der Waals surface area contributed by atoms with Crippen LogP contribution in [-0.4, -0.2) is 12.6 Å². The summed E-state index contributed by atoms with van der Waals surface area (Å²) in [6.45, 7) is 7.10. The van der Waals surface area contributed by atoms with Gasteiger partial charge in [-0.3, -0.25) is 0 Å². The SMILES string of the molecule is CC(C)(C)c1ccc(C2CNC(=O)O2)cc1. The molecule has 1 aliphatic rings. The molecular weight excluding hydrogens is 202 g/mol. The van der Waals surface area contributed by atoms with Gasteiger partial charge in [0, 0.05) is 0 Å². The highest BCUT2D eigenvalue weighted by molar-refractivity contribution is 5.69. The fourth-order valence-corrected chi connectivity index (χ4v) is 1.77. The normalized spacial score (nSPS) is 20.4. The molecule has 0 aromatic heterocycles. The maximum Gasteiger partial charge on any atom is 0.407 e. The summed E-state index contributed by atoms with van der Waals surface area (Å²) in [5.74, 6) is 0. The average molecular weight is 219 g/mol. The number of amides is 1. The van der Waals surface area contributed by atoms with E-state index >= 15 is 0 Å². The number of alkyl carbamates (subject to hydrolysis) is 1. The van der Waals surface area contributed by atoms with Gasteiger partial charge < -0.3 is 10.1 Å². The standard InChI is InChI=1S/C13H17NO2/c1-13(2,3)10-6-4-9(5-7-10)11-8-14-12(15)16-11/h4-7,11H,8H2,1-3H3,(H,14,15). The Labute approximate surface area is 95.8 Å². The lowest BCUT2D eigenvalue weighted by Gasteiger charge is -2.19. The van der Waals surface area contributed by atoms with E-state index in [0.717, 1.165) is 5.56 Å². The van der Waals surface area contributed by atoms with Crippen LogP contribution in [0.3, 0.4) is 0 Å². The van der Waals surface area contributed by atoms with Crippen LogP contribution < -0.4 is 5.32 Å². The number of benzene rings is 1. The van der Waals surface area contributed by atoms with Crippen LogP contribution in [-0.2, 0) is 10.2 Å². The molecule has 1 N–H and O–H groups in total. The summed E-state index contributed by atoms with van der Waals surface area (Å²) in [4.78, 5) is 10.9. The van der Waals surface area contributed by atoms with Gasteiger partial charge >= 0.3 is 6.09 Å². The Bertz CT molecular complexity index is 389. The molecule has 1 saturated heterocycles. The number of carbonyl (C=O) groups is 1. The van der Waals surface area contributed by atoms with Gasteiger partial charge in [-0.2, -0.15) is 0 Å². The third kappa shape index (κ3) is 2.18. The second-order valence-electron chi connectivity index (χ2n) is 5.15. The number of nitrogens with one attached hydrogen (secondary N) is 1. The number of hydrogen-bond donors (Lipinski definition) is 1. The largest absolute Gasteiger partial charge is 0.439 e. The van der Waals surface area contributed by atoms with Gasteiger partial charge in [0.05, 0.1) is 6.54 Å². The highest BCUT2D eigenvalue weighted by atomic mass is 16.6. The van der Waals surface area contributed by atoms with E-state index in [2.05, 4.69) is 38.2 Å². The zero-order chi connectivity index (χ0) is 11.8. The molecule has 0 bridgehead atoms. The van der Waals surface area contributed by atoms with Crippen LogP contribution >= 0.6 is 0 Å². The van der Waals surface area contributed by atoms with Gasteiger partial charge in [-0.1, -0.05) is 45.0 Å². The molecule has 1 unspecified atom stereocenters. The lowest BCUT2D eigenvalue weighted by Crippen LogP contribution is -2.13. The van der Waals surface area contributed by atoms with E-state index < -0.39 is 0 Å². The van der Waals surface area contributed by atoms with Crippen molar-refractivity contribution in [3.8, 4) is 0 Å². The highest BCUT2D eigenvalue weighted by Gasteiger charge is 2.24. The summed E-state index contributed by atoms with van der Waals surface area (Å²) >= 11 is 0. The van der Waals surface area contributed by atoms with E-state index in [9.17, 15) is 4.79 Å². The van der Waals surface area contributed by atoms with E-state index in [1.165, 1.54) is 5.56 Å². The second-order valence-corrected chi connectivity index (χ2v) is 5.15. The molecule has 1 aromatic carbocycles. The Morgan fingerprint density at radius 1 is 1.25 bits per heavy atom. The van der Waals surface area contributed by atoms with Gasteiger partial charge in [-0.05, 0) is 16.5 Å². The van der Waals surface area contributed by atoms with Crippen LogP contribution in [0.2, 0.25) is 0 Å². The van der Waals surface area contributed by atoms with Crippen LogP contribution in [0.15, 0.2) is 24.3 Å². The molecule has 1 aromatic rings. The monoisotopic (exact) mass is 219 g/mol. The molecule has 86 valence electrons. The van der Waals surface area contributed by atoms with Crippen molar-refractivity contribution in [2.45, 2.75) is 32.3 Å². The van der Waals surface area contributed by atoms with Crippen LogP contribution in [0.25, 0.3) is 0 Å². The van der Waals surface area contributed by atoms with Crippen LogP contribution in [0, 0.1) is 0 Å². The maximum atomic E-state index is 10.9. The van der Waals surface area contributed by atoms with Crippen molar-refractivity contribution >= 4 is 6.09 Å². The first-order valence-corrected chi connectivity index (χ1v) is 5.52. The predicted molar refractivity (Wildman–Crippen MR) is 62.4 cm³/mol. The topological polar surface area (TPSA) is 38.3 Å². The quantitative estimate of drug-likeness (QED) is 0.788. The molecule has 1 amide bonds. The Balaban J connectivity index is 2.17. The van der Waals surface area contributed by atoms with E-state index in [-0.39, 0.29) is 17.6 Å². The predicted octanol–water partition coefficient (Wildman–Crippen LogP) is 2.77. The molecule has 1 atom stereocenters. The van der Waals surface area contributed by atoms with Crippen LogP contribution in [0.5, 0.6) is 0 Å². The first-order chi connectivity index (χ1) is 7.47. The third-order valence-corrected chi connectivity index (χ3v) is 2.83. The summed E-state index contributed by atoms with van der Waals surface area (Å²) in [6.07, 6.45) is -0.466. The zero-order valence-electron chi connectivity index (χ0n) is 9.91. The van der Waals surface area contributed by atoms with E-state index in [1.54, 1.807) is 0 Å². The highest BCUT2D eigenvalue weighted by Crippen LogP contribution is 2.26. The van der Waals surface area contributed by atoms with Crippen molar-refractivity contribution in [1.29, 1.82) is 0 Å². The minimum atomic E-state index is -0.329. The molecule has 0 aliphatic carbocycles. The van der Waals surface area contributed by atoms with Gasteiger partial charge in [0.1, 0.15) is 6.10 Å². The molecule has 3 heteroatoms. The lowest BCUT2D eigenvalue weighted by molar-refractivity contribution is 0.141. The van der Waals surface area contributed by atoms with Crippen molar-refractivity contribution in [2.24, 2.45) is 0 Å². The van der Waals surface area contributed by atoms with E-state index in [4.69, 9.17) is 4.74 Å². The lowest BCUT2D eigenvalue weighted by atomic mass is 9.86. The number of rotatable bonds is 1. The van der Waals surface area contributed by atoms with Crippen LogP contribution in [0.1, 0.15) is 38.0 Å². The van der Waals surface area contributed by atoms with Crippen molar-refractivity contribution in [1.82, 2.24) is 5.32 Å². The molecule has 16 heavy (non-hydrogen) atoms. The molecule has 0 spiro atoms. The molecule has 1 heterocycles. The van der Waals surface area contributed by atoms with Crippen molar-refractivity contribution < 1.29 is 9.53 Å². The van der Waals surface area contributed by atoms with Crippen molar-refractivity contribution in [2.75, 3.05) is 6.54 Å². The number of cyclic esters (lactones) is 1. The molecule has 2 rings (SSSR count). The summed E-state index contributed by atoms with van der Waals surface area (Å²) in [6, 6.07) is 8.26. The summed E-state index contributed by atoms with van der Waals surface area (Å²) in [5.41, 5.74) is 2.49. The van der Waals surface area contributed by atoms with Gasteiger partial charge in [0.15, 0.2) is 0 Å². The first kappa shape index (κ1) is 11.0. The molecule has 0 saturated carbocycles. The van der Waals surface area contributed by atoms with Gasteiger partial charge in [0.2, 0.25) is 0 Å². The average Bonchev–Trinajstić information content (AvgIpc) is 2.64. The molecule has 1 aliphatic heterocycles. The number of carbonyl (C=O) groups excluding carboxylic acids is 1. The number of hydrogen-bond acceptors (Lipinski definition) is 2. The van der Waals surface area contributed by atoms with E-state index in [1.807, 2.05) is 12.1 Å². The van der Waals surface area contributed by atoms with Gasteiger partial charge in [-0.25, -0.2) is 4.79 Å². The maximum absolute atomic E-state index is 10.9. The summed E-state index contributed by atoms with van der Waals surface area (Å²) in [7, 11) is 0. The third-order valence-electron chi connectivity index (χ3n) is 2.83. The van der Waals surface area contributed by atoms with Crippen LogP contribution in [0.4, 0.5) is 4.79 Å². The van der Waals surface area contributed by atoms with Crippen molar-refractivity contribution in [3.05, 3.63) is 35.4 Å². The Hall–Kier alpha value is -1.51. The molecular formula is C13H17NO2. The Kier molecular flexibility index (Phi) is 2.62. The Morgan fingerprint density at radius 2 is 1.88 bits per heavy atom. The Morgan fingerprint density at radius 3 is 2.31 bits per heavy atom. The molecule has 0 radical (unpaired) electrons. The molecule has 3 nitrogen and oxygen atoms in total. The summed E-state index contributed by atoms with van der Waals surface area (Å²) < 4.78 is 5.12. The second kappa shape index (κ2) is 3.81. The fourth-order valence-electron chi connectivity index (χ4n) is 1.77. The zero-order valence-corrected chi connectivity index (χ0v) is 9.91. The minimum absolute atomic E-state index is 0.137. The molecule has 1 fully saturated rings. The van der Waals surface area contributed by atoms with E-state index in [0.29, 0.717) is 6.54 Å².